The number of piperidine rings is 3. The Balaban J connectivity index is 1.35. The Labute approximate surface area is 145 Å². The number of aromatic nitrogens is 1. The molecule has 0 radical (unpaired) electrons. The van der Waals surface area contributed by atoms with Gasteiger partial charge in [-0.3, -0.25) is 4.90 Å². The molecule has 4 aliphatic heterocycles. The number of amidine groups is 1. The number of rotatable bonds is 1. The van der Waals surface area contributed by atoms with E-state index in [1.54, 1.807) is 0 Å². The molecule has 2 aromatic rings. The number of nitrogens with one attached hydrogen (secondary N) is 1. The minimum Gasteiger partial charge on any atom is -0.386 e. The van der Waals surface area contributed by atoms with Crippen LogP contribution in [0.15, 0.2) is 35.6 Å². The van der Waals surface area contributed by atoms with Crippen molar-refractivity contribution in [3.63, 3.8) is 0 Å². The third kappa shape index (κ3) is 2.34. The van der Waals surface area contributed by atoms with Crippen molar-refractivity contribution in [2.75, 3.05) is 25.0 Å². The molecule has 24 heavy (non-hydrogen) atoms. The summed E-state index contributed by atoms with van der Waals surface area (Å²) in [5.41, 5.74) is -0.122. The molecule has 5 nitrogen and oxygen atoms in total. The molecule has 1 N–H and O–H groups in total. The van der Waals surface area contributed by atoms with E-state index >= 15 is 0 Å². The van der Waals surface area contributed by atoms with Crippen LogP contribution in [0.25, 0.3) is 10.8 Å². The van der Waals surface area contributed by atoms with Crippen molar-refractivity contribution in [1.82, 2.24) is 9.88 Å². The lowest BCUT2D eigenvalue weighted by atomic mass is 9.73. The Bertz CT molecular complexity index is 831. The Hall–Kier alpha value is -1.85. The van der Waals surface area contributed by atoms with Crippen LogP contribution in [0, 0.1) is 5.92 Å². The Morgan fingerprint density at radius 2 is 2.08 bits per heavy atom. The van der Waals surface area contributed by atoms with Gasteiger partial charge in [0.2, 0.25) is 0 Å². The van der Waals surface area contributed by atoms with Crippen LogP contribution in [-0.4, -0.2) is 41.0 Å². The first-order chi connectivity index (χ1) is 11.7. The van der Waals surface area contributed by atoms with Gasteiger partial charge in [0.15, 0.2) is 11.4 Å². The van der Waals surface area contributed by atoms with Crippen molar-refractivity contribution in [3.05, 3.63) is 35.5 Å². The van der Waals surface area contributed by atoms with Crippen LogP contribution in [0.3, 0.4) is 0 Å². The van der Waals surface area contributed by atoms with Gasteiger partial charge in [-0.05, 0) is 49.5 Å². The summed E-state index contributed by atoms with van der Waals surface area (Å²) >= 11 is 6.03. The molecule has 1 aromatic heterocycles. The molecule has 0 saturated carbocycles. The Morgan fingerprint density at radius 1 is 1.21 bits per heavy atom. The molecule has 124 valence electrons. The molecule has 1 atom stereocenters. The fourth-order valence-electron chi connectivity index (χ4n) is 4.32. The van der Waals surface area contributed by atoms with Gasteiger partial charge in [-0.25, -0.2) is 4.98 Å². The summed E-state index contributed by atoms with van der Waals surface area (Å²) in [7, 11) is 0. The van der Waals surface area contributed by atoms with Crippen LogP contribution >= 0.6 is 11.6 Å². The van der Waals surface area contributed by atoms with E-state index < -0.39 is 0 Å². The maximum absolute atomic E-state index is 6.03. The number of pyridine rings is 1. The second kappa shape index (κ2) is 5.33. The highest BCUT2D eigenvalue weighted by Gasteiger charge is 2.52. The van der Waals surface area contributed by atoms with E-state index in [0.717, 1.165) is 40.4 Å². The summed E-state index contributed by atoms with van der Waals surface area (Å²) in [4.78, 5) is 12.9. The van der Waals surface area contributed by atoms with E-state index in [2.05, 4.69) is 20.4 Å². The van der Waals surface area contributed by atoms with Gasteiger partial charge in [0, 0.05) is 29.1 Å². The van der Waals surface area contributed by atoms with Crippen molar-refractivity contribution in [3.8, 4) is 0 Å². The molecule has 1 spiro atoms. The SMILES string of the molecule is Clc1ccc2cc(NC3=NOC4(C3)CN3CCC4CC3)ncc2c1. The zero-order chi connectivity index (χ0) is 16.1. The molecule has 1 aromatic carbocycles. The molecule has 0 aliphatic carbocycles. The third-order valence-corrected chi connectivity index (χ3v) is 5.82. The second-order valence-electron chi connectivity index (χ2n) is 7.11. The molecule has 1 unspecified atom stereocenters. The molecule has 3 saturated heterocycles. The number of oxime groups is 1. The summed E-state index contributed by atoms with van der Waals surface area (Å²) in [5, 5.41) is 10.5. The fraction of sp³-hybridized carbons (Fsp3) is 0.444. The predicted octanol–water partition coefficient (Wildman–Crippen LogP) is 3.50. The smallest absolute Gasteiger partial charge is 0.160 e. The van der Waals surface area contributed by atoms with E-state index in [1.807, 2.05) is 30.5 Å². The van der Waals surface area contributed by atoms with Gasteiger partial charge in [0.25, 0.3) is 0 Å². The van der Waals surface area contributed by atoms with Gasteiger partial charge in [-0.2, -0.15) is 0 Å². The van der Waals surface area contributed by atoms with Crippen molar-refractivity contribution in [2.45, 2.75) is 24.9 Å². The maximum atomic E-state index is 6.03. The number of fused-ring (bicyclic) bond motifs is 3. The first kappa shape index (κ1) is 14.5. The summed E-state index contributed by atoms with van der Waals surface area (Å²) in [6, 6.07) is 7.85. The van der Waals surface area contributed by atoms with Crippen LogP contribution in [0.5, 0.6) is 0 Å². The van der Waals surface area contributed by atoms with Crippen LogP contribution in [0.4, 0.5) is 5.82 Å². The van der Waals surface area contributed by atoms with Crippen LogP contribution in [0.2, 0.25) is 5.02 Å². The highest BCUT2D eigenvalue weighted by molar-refractivity contribution is 6.31. The standard InChI is InChI=1S/C18H19ClN4O/c19-15-2-1-12-8-16(20-10-13(12)7-15)21-17-9-18(24-22-17)11-23-5-3-14(18)4-6-23/h1-2,7-8,10,14H,3-6,9,11H2,(H,20,21,22). The maximum Gasteiger partial charge on any atom is 0.160 e. The minimum atomic E-state index is -0.122. The van der Waals surface area contributed by atoms with Gasteiger partial charge >= 0.3 is 0 Å². The molecule has 2 bridgehead atoms. The number of nitrogens with zero attached hydrogens (tertiary/aromatic N) is 3. The monoisotopic (exact) mass is 342 g/mol. The van der Waals surface area contributed by atoms with Gasteiger partial charge in [-0.15, -0.1) is 0 Å². The number of hydrogen-bond donors (Lipinski definition) is 1. The highest BCUT2D eigenvalue weighted by atomic mass is 35.5. The largest absolute Gasteiger partial charge is 0.386 e. The van der Waals surface area contributed by atoms with Crippen molar-refractivity contribution in [1.29, 1.82) is 0 Å². The average molecular weight is 343 g/mol. The predicted molar refractivity (Wildman–Crippen MR) is 95.4 cm³/mol. The number of halogens is 1. The first-order valence-corrected chi connectivity index (χ1v) is 8.88. The molecule has 4 aliphatic rings. The van der Waals surface area contributed by atoms with E-state index in [0.29, 0.717) is 5.92 Å². The molecular formula is C18H19ClN4O. The van der Waals surface area contributed by atoms with Crippen LogP contribution in [0.1, 0.15) is 19.3 Å². The molecule has 6 rings (SSSR count). The Kier molecular flexibility index (Phi) is 3.22. The third-order valence-electron chi connectivity index (χ3n) is 5.58. The lowest BCUT2D eigenvalue weighted by Crippen LogP contribution is -2.59. The van der Waals surface area contributed by atoms with Gasteiger partial charge < -0.3 is 10.2 Å². The van der Waals surface area contributed by atoms with Crippen molar-refractivity contribution in [2.24, 2.45) is 11.1 Å². The number of benzene rings is 1. The normalized spacial score (nSPS) is 31.3. The summed E-state index contributed by atoms with van der Waals surface area (Å²) in [6.07, 6.45) is 5.12. The summed E-state index contributed by atoms with van der Waals surface area (Å²) < 4.78 is 0. The zero-order valence-corrected chi connectivity index (χ0v) is 14.1. The van der Waals surface area contributed by atoms with Crippen molar-refractivity contribution < 1.29 is 4.84 Å². The topological polar surface area (TPSA) is 49.8 Å². The van der Waals surface area contributed by atoms with Gasteiger partial charge in [0.05, 0.1) is 6.42 Å². The van der Waals surface area contributed by atoms with Gasteiger partial charge in [0.1, 0.15) is 5.82 Å². The van der Waals surface area contributed by atoms with Crippen LogP contribution in [-0.2, 0) is 4.84 Å². The number of hydrogen-bond acceptors (Lipinski definition) is 5. The molecule has 3 fully saturated rings. The summed E-state index contributed by atoms with van der Waals surface area (Å²) in [6.45, 7) is 3.40. The Morgan fingerprint density at radius 3 is 2.88 bits per heavy atom. The average Bonchev–Trinajstić information content (AvgIpc) is 2.98. The number of anilines is 1. The lowest BCUT2D eigenvalue weighted by molar-refractivity contribution is -0.136. The molecule has 5 heterocycles. The summed E-state index contributed by atoms with van der Waals surface area (Å²) in [5.74, 6) is 2.30. The van der Waals surface area contributed by atoms with E-state index in [1.165, 1.54) is 25.9 Å². The van der Waals surface area contributed by atoms with Crippen LogP contribution < -0.4 is 5.32 Å². The fourth-order valence-corrected chi connectivity index (χ4v) is 4.50. The second-order valence-corrected chi connectivity index (χ2v) is 7.54. The minimum absolute atomic E-state index is 0.122. The first-order valence-electron chi connectivity index (χ1n) is 8.50. The van der Waals surface area contributed by atoms with E-state index in [9.17, 15) is 0 Å². The van der Waals surface area contributed by atoms with E-state index in [-0.39, 0.29) is 5.60 Å². The molecule has 6 heteroatoms. The van der Waals surface area contributed by atoms with Gasteiger partial charge in [-0.1, -0.05) is 22.8 Å². The quantitative estimate of drug-likeness (QED) is 0.861. The van der Waals surface area contributed by atoms with E-state index in [4.69, 9.17) is 16.4 Å². The highest BCUT2D eigenvalue weighted by Crippen LogP contribution is 2.43. The zero-order valence-electron chi connectivity index (χ0n) is 13.3. The molecular weight excluding hydrogens is 324 g/mol. The van der Waals surface area contributed by atoms with Crippen molar-refractivity contribution >= 4 is 34.0 Å². The lowest BCUT2D eigenvalue weighted by Gasteiger charge is -2.49. The molecule has 0 amide bonds.